The van der Waals surface area contributed by atoms with E-state index in [-0.39, 0.29) is 11.2 Å². The van der Waals surface area contributed by atoms with Crippen LogP contribution in [0.2, 0.25) is 0 Å². The van der Waals surface area contributed by atoms with Crippen molar-refractivity contribution < 1.29 is 4.79 Å². The number of nitrogens with zero attached hydrogens (tertiary/aromatic N) is 1. The lowest BCUT2D eigenvalue weighted by atomic mass is 9.78. The minimum Gasteiger partial charge on any atom is -0.297 e. The van der Waals surface area contributed by atoms with Crippen LogP contribution in [0, 0.1) is 22.2 Å². The summed E-state index contributed by atoms with van der Waals surface area (Å²) in [6, 6.07) is 2.30. The molecule has 0 aromatic rings. The standard InChI is InChI=1S/C13H21NOS/c1-4-16-9-5-6-13(10-14)8-7-12(2,3)11(13)15/h4-9H2,1-3H3. The molecule has 16 heavy (non-hydrogen) atoms. The second-order valence-electron chi connectivity index (χ2n) is 5.21. The number of thioether (sulfide) groups is 1. The van der Waals surface area contributed by atoms with E-state index in [1.54, 1.807) is 0 Å². The summed E-state index contributed by atoms with van der Waals surface area (Å²) < 4.78 is 0. The minimum absolute atomic E-state index is 0.170. The zero-order valence-electron chi connectivity index (χ0n) is 10.5. The molecule has 1 fully saturated rings. The number of hydrogen-bond donors (Lipinski definition) is 0. The van der Waals surface area contributed by atoms with E-state index in [1.807, 2.05) is 25.6 Å². The quantitative estimate of drug-likeness (QED) is 0.690. The Balaban J connectivity index is 2.60. The van der Waals surface area contributed by atoms with E-state index in [4.69, 9.17) is 0 Å². The Morgan fingerprint density at radius 3 is 2.56 bits per heavy atom. The lowest BCUT2D eigenvalue weighted by molar-refractivity contribution is -0.130. The molecule has 1 saturated carbocycles. The predicted octanol–water partition coefficient (Wildman–Crippen LogP) is 3.42. The molecule has 90 valence electrons. The molecule has 0 bridgehead atoms. The summed E-state index contributed by atoms with van der Waals surface area (Å²) in [6.07, 6.45) is 3.35. The lowest BCUT2D eigenvalue weighted by Crippen LogP contribution is -2.31. The molecule has 0 aliphatic heterocycles. The molecule has 1 aliphatic rings. The lowest BCUT2D eigenvalue weighted by Gasteiger charge is -2.22. The van der Waals surface area contributed by atoms with Gasteiger partial charge in [-0.2, -0.15) is 17.0 Å². The molecule has 0 N–H and O–H groups in total. The normalized spacial score (nSPS) is 28.0. The highest BCUT2D eigenvalue weighted by Crippen LogP contribution is 2.48. The van der Waals surface area contributed by atoms with E-state index in [0.29, 0.717) is 0 Å². The summed E-state index contributed by atoms with van der Waals surface area (Å²) in [6.45, 7) is 6.07. The number of nitriles is 1. The fourth-order valence-corrected chi connectivity index (χ4v) is 3.06. The third-order valence-corrected chi connectivity index (χ3v) is 4.52. The van der Waals surface area contributed by atoms with Gasteiger partial charge < -0.3 is 0 Å². The molecule has 0 spiro atoms. The van der Waals surface area contributed by atoms with Gasteiger partial charge in [0.2, 0.25) is 0 Å². The first-order valence-electron chi connectivity index (χ1n) is 6.02. The molecule has 3 heteroatoms. The van der Waals surface area contributed by atoms with Crippen molar-refractivity contribution in [3.63, 3.8) is 0 Å². The number of hydrogen-bond acceptors (Lipinski definition) is 3. The predicted molar refractivity (Wildman–Crippen MR) is 68.3 cm³/mol. The smallest absolute Gasteiger partial charge is 0.158 e. The first kappa shape index (κ1) is 13.6. The van der Waals surface area contributed by atoms with Crippen molar-refractivity contribution in [2.24, 2.45) is 10.8 Å². The van der Waals surface area contributed by atoms with Gasteiger partial charge in [-0.05, 0) is 37.2 Å². The molecule has 0 amide bonds. The van der Waals surface area contributed by atoms with Gasteiger partial charge >= 0.3 is 0 Å². The Morgan fingerprint density at radius 1 is 1.44 bits per heavy atom. The summed E-state index contributed by atoms with van der Waals surface area (Å²) in [5.74, 6) is 2.34. The van der Waals surface area contributed by atoms with E-state index in [0.717, 1.165) is 37.2 Å². The Hall–Kier alpha value is -0.490. The molecule has 2 nitrogen and oxygen atoms in total. The van der Waals surface area contributed by atoms with Gasteiger partial charge in [-0.25, -0.2) is 0 Å². The minimum atomic E-state index is -0.669. The summed E-state index contributed by atoms with van der Waals surface area (Å²) >= 11 is 1.88. The molecular formula is C13H21NOS. The van der Waals surface area contributed by atoms with Crippen molar-refractivity contribution in [3.8, 4) is 6.07 Å². The zero-order valence-corrected chi connectivity index (χ0v) is 11.3. The van der Waals surface area contributed by atoms with E-state index in [2.05, 4.69) is 13.0 Å². The van der Waals surface area contributed by atoms with Gasteiger partial charge in [0.15, 0.2) is 5.78 Å². The summed E-state index contributed by atoms with van der Waals surface area (Å²) in [5.41, 5.74) is -0.953. The van der Waals surface area contributed by atoms with Crippen molar-refractivity contribution in [2.45, 2.75) is 46.5 Å². The summed E-state index contributed by atoms with van der Waals surface area (Å²) in [4.78, 5) is 12.2. The molecule has 0 aromatic heterocycles. The van der Waals surface area contributed by atoms with Crippen molar-refractivity contribution >= 4 is 17.5 Å². The van der Waals surface area contributed by atoms with E-state index in [9.17, 15) is 10.1 Å². The van der Waals surface area contributed by atoms with E-state index < -0.39 is 5.41 Å². The highest BCUT2D eigenvalue weighted by molar-refractivity contribution is 7.99. The molecule has 0 saturated heterocycles. The Kier molecular flexibility index (Phi) is 4.43. The van der Waals surface area contributed by atoms with Gasteiger partial charge in [0.05, 0.1) is 6.07 Å². The molecule has 0 heterocycles. The third-order valence-electron chi connectivity index (χ3n) is 3.54. The van der Waals surface area contributed by atoms with Gasteiger partial charge in [0.25, 0.3) is 0 Å². The van der Waals surface area contributed by atoms with Crippen LogP contribution in [0.15, 0.2) is 0 Å². The highest BCUT2D eigenvalue weighted by Gasteiger charge is 2.51. The fourth-order valence-electron chi connectivity index (χ4n) is 2.42. The largest absolute Gasteiger partial charge is 0.297 e. The molecule has 1 aliphatic carbocycles. The van der Waals surface area contributed by atoms with E-state index in [1.165, 1.54) is 0 Å². The van der Waals surface area contributed by atoms with Crippen molar-refractivity contribution in [3.05, 3.63) is 0 Å². The monoisotopic (exact) mass is 239 g/mol. The highest BCUT2D eigenvalue weighted by atomic mass is 32.2. The van der Waals surface area contributed by atoms with Crippen LogP contribution < -0.4 is 0 Å². The van der Waals surface area contributed by atoms with Crippen molar-refractivity contribution in [1.29, 1.82) is 5.26 Å². The maximum Gasteiger partial charge on any atom is 0.158 e. The third kappa shape index (κ3) is 2.60. The molecule has 1 atom stereocenters. The number of carbonyl (C=O) groups excluding carboxylic acids is 1. The van der Waals surface area contributed by atoms with E-state index >= 15 is 0 Å². The van der Waals surface area contributed by atoms with Crippen LogP contribution in [0.4, 0.5) is 0 Å². The van der Waals surface area contributed by atoms with Crippen LogP contribution in [0.5, 0.6) is 0 Å². The van der Waals surface area contributed by atoms with Gasteiger partial charge in [-0.15, -0.1) is 0 Å². The first-order valence-corrected chi connectivity index (χ1v) is 7.18. The Morgan fingerprint density at radius 2 is 2.12 bits per heavy atom. The molecule has 1 unspecified atom stereocenters. The maximum absolute atomic E-state index is 12.2. The van der Waals surface area contributed by atoms with Crippen LogP contribution >= 0.6 is 11.8 Å². The Labute approximate surface area is 103 Å². The second-order valence-corrected chi connectivity index (χ2v) is 6.60. The van der Waals surface area contributed by atoms with Crippen LogP contribution in [-0.2, 0) is 4.79 Å². The number of ketones is 1. The second kappa shape index (κ2) is 5.23. The topological polar surface area (TPSA) is 40.9 Å². The number of Topliss-reactive ketones (excluding diaryl/α,β-unsaturated/α-hetero) is 1. The van der Waals surface area contributed by atoms with Crippen LogP contribution in [0.3, 0.4) is 0 Å². The fraction of sp³-hybridized carbons (Fsp3) is 0.846. The Bertz CT molecular complexity index is 306. The maximum atomic E-state index is 12.2. The van der Waals surface area contributed by atoms with Crippen molar-refractivity contribution in [1.82, 2.24) is 0 Å². The number of rotatable bonds is 5. The SMILES string of the molecule is CCSCCCC1(C#N)CCC(C)(C)C1=O. The van der Waals surface area contributed by atoms with Gasteiger partial charge in [-0.3, -0.25) is 4.79 Å². The van der Waals surface area contributed by atoms with Crippen LogP contribution in [-0.4, -0.2) is 17.3 Å². The van der Waals surface area contributed by atoms with Gasteiger partial charge in [0.1, 0.15) is 5.41 Å². The molecule has 0 aromatic carbocycles. The number of carbonyl (C=O) groups is 1. The average Bonchev–Trinajstić information content (AvgIpc) is 2.49. The molecular weight excluding hydrogens is 218 g/mol. The average molecular weight is 239 g/mol. The van der Waals surface area contributed by atoms with Crippen LogP contribution in [0.25, 0.3) is 0 Å². The first-order chi connectivity index (χ1) is 7.48. The summed E-state index contributed by atoms with van der Waals surface area (Å²) in [7, 11) is 0. The molecule has 1 rings (SSSR count). The van der Waals surface area contributed by atoms with Crippen LogP contribution in [0.1, 0.15) is 46.5 Å². The summed E-state index contributed by atoms with van der Waals surface area (Å²) in [5, 5.41) is 9.30. The van der Waals surface area contributed by atoms with Crippen molar-refractivity contribution in [2.75, 3.05) is 11.5 Å². The zero-order chi connectivity index (χ0) is 12.2. The van der Waals surface area contributed by atoms with Gasteiger partial charge in [0, 0.05) is 5.41 Å². The van der Waals surface area contributed by atoms with Gasteiger partial charge in [-0.1, -0.05) is 20.8 Å². The molecule has 0 radical (unpaired) electrons.